The number of nitrogens with one attached hydrogen (secondary N) is 1. The van der Waals surface area contributed by atoms with Crippen LogP contribution in [0.15, 0.2) is 17.1 Å². The van der Waals surface area contributed by atoms with Crippen LogP contribution in [0.5, 0.6) is 0 Å². The first kappa shape index (κ1) is 8.42. The maximum absolute atomic E-state index is 10.9. The molecule has 2 heterocycles. The Morgan fingerprint density at radius 3 is 3.00 bits per heavy atom. The van der Waals surface area contributed by atoms with Gasteiger partial charge in [-0.15, -0.1) is 0 Å². The summed E-state index contributed by atoms with van der Waals surface area (Å²) < 4.78 is 1.32. The van der Waals surface area contributed by atoms with Crippen LogP contribution in [0.1, 0.15) is 0 Å². The smallest absolute Gasteiger partial charge is 0.348 e. The normalized spacial score (nSPS) is 10.6. The molecule has 2 rings (SSSR count). The van der Waals surface area contributed by atoms with Crippen molar-refractivity contribution in [2.24, 2.45) is 7.05 Å². The van der Waals surface area contributed by atoms with Gasteiger partial charge in [-0.25, -0.2) is 9.36 Å². The summed E-state index contributed by atoms with van der Waals surface area (Å²) in [5.74, 6) is -0.169. The maximum Gasteiger partial charge on any atom is 0.348 e. The number of aryl methyl sites for hydroxylation is 1. The number of nitrogens with zero attached hydrogens (tertiary/aromatic N) is 3. The molecule has 0 fully saturated rings. The quantitative estimate of drug-likeness (QED) is 0.515. The molecule has 0 aromatic rings. The molecule has 0 saturated carbocycles. The highest BCUT2D eigenvalue weighted by atomic mass is 16.6. The van der Waals surface area contributed by atoms with E-state index in [1.165, 1.54) is 17.8 Å². The van der Waals surface area contributed by atoms with Crippen LogP contribution >= 0.6 is 0 Å². The van der Waals surface area contributed by atoms with E-state index in [0.29, 0.717) is 5.69 Å². The summed E-state index contributed by atoms with van der Waals surface area (Å²) in [6, 6.07) is 1.54. The van der Waals surface area contributed by atoms with Crippen LogP contribution in [0.25, 0.3) is 11.4 Å². The molecule has 0 aromatic heterocycles. The number of hydrogen-bond acceptors (Lipinski definition) is 4. The van der Waals surface area contributed by atoms with Crippen molar-refractivity contribution >= 4 is 5.82 Å². The molecule has 0 radical (unpaired) electrons. The van der Waals surface area contributed by atoms with Gasteiger partial charge >= 0.3 is 11.5 Å². The van der Waals surface area contributed by atoms with Gasteiger partial charge in [0.1, 0.15) is 5.69 Å². The van der Waals surface area contributed by atoms with Gasteiger partial charge in [0.25, 0.3) is 0 Å². The lowest BCUT2D eigenvalue weighted by atomic mass is 10.3. The van der Waals surface area contributed by atoms with Gasteiger partial charge in [0.2, 0.25) is 0 Å². The molecule has 0 atom stereocenters. The third-order valence-corrected chi connectivity index (χ3v) is 1.90. The molecule has 0 saturated heterocycles. The summed E-state index contributed by atoms with van der Waals surface area (Å²) in [7, 11) is 1.53. The second kappa shape index (κ2) is 2.66. The number of fused-ring (bicyclic) bond motifs is 1. The summed E-state index contributed by atoms with van der Waals surface area (Å²) in [6.07, 6.45) is 1.49. The number of imidazole rings is 1. The van der Waals surface area contributed by atoms with Crippen molar-refractivity contribution in [3.05, 3.63) is 32.9 Å². The minimum atomic E-state index is -0.575. The third kappa shape index (κ3) is 1.06. The van der Waals surface area contributed by atoms with E-state index in [9.17, 15) is 14.9 Å². The minimum Gasteiger partial charge on any atom is -0.358 e. The van der Waals surface area contributed by atoms with Crippen molar-refractivity contribution in [1.29, 1.82) is 0 Å². The predicted molar refractivity (Wildman–Crippen MR) is 47.1 cm³/mol. The predicted octanol–water partition coefficient (Wildman–Crippen LogP) is 0.121. The van der Waals surface area contributed by atoms with Crippen LogP contribution in [0.3, 0.4) is 0 Å². The molecule has 0 spiro atoms. The SMILES string of the molecule is Cn1ccc2nc(=O)[nH]c-2c1[N+](=O)[O-]. The Bertz CT molecular complexity index is 526. The standard InChI is InChI=1S/C7H6N4O3/c1-10-3-2-4-5(6(10)11(13)14)9-7(12)8-4/h2-3H,1H3,(H,9,12). The number of hydrogen-bond donors (Lipinski definition) is 1. The van der Waals surface area contributed by atoms with E-state index in [1.54, 1.807) is 6.07 Å². The summed E-state index contributed by atoms with van der Waals surface area (Å²) >= 11 is 0. The molecule has 72 valence electrons. The molecule has 2 aliphatic rings. The zero-order valence-corrected chi connectivity index (χ0v) is 7.22. The van der Waals surface area contributed by atoms with Gasteiger partial charge in [-0.2, -0.15) is 4.98 Å². The number of aromatic nitrogens is 3. The monoisotopic (exact) mass is 194 g/mol. The first-order valence-corrected chi connectivity index (χ1v) is 3.79. The molecule has 2 aliphatic heterocycles. The highest BCUT2D eigenvalue weighted by Gasteiger charge is 2.22. The van der Waals surface area contributed by atoms with E-state index < -0.39 is 10.6 Å². The maximum atomic E-state index is 10.9. The van der Waals surface area contributed by atoms with Crippen molar-refractivity contribution in [3.63, 3.8) is 0 Å². The molecule has 1 N–H and O–H groups in total. The lowest BCUT2D eigenvalue weighted by Gasteiger charge is -2.03. The fourth-order valence-electron chi connectivity index (χ4n) is 1.30. The Balaban J connectivity index is 2.87. The minimum absolute atomic E-state index is 0.157. The van der Waals surface area contributed by atoms with Crippen molar-refractivity contribution in [3.8, 4) is 11.4 Å². The lowest BCUT2D eigenvalue weighted by molar-refractivity contribution is -0.391. The van der Waals surface area contributed by atoms with Gasteiger partial charge in [-0.1, -0.05) is 0 Å². The number of H-pyrrole nitrogens is 1. The topological polar surface area (TPSA) is 93.8 Å². The summed E-state index contributed by atoms with van der Waals surface area (Å²) in [6.45, 7) is 0. The highest BCUT2D eigenvalue weighted by molar-refractivity contribution is 5.64. The molecule has 0 amide bonds. The number of pyridine rings is 1. The average molecular weight is 194 g/mol. The highest BCUT2D eigenvalue weighted by Crippen LogP contribution is 2.25. The van der Waals surface area contributed by atoms with Crippen molar-refractivity contribution < 1.29 is 4.92 Å². The Morgan fingerprint density at radius 1 is 1.64 bits per heavy atom. The van der Waals surface area contributed by atoms with Crippen LogP contribution in [-0.2, 0) is 7.05 Å². The van der Waals surface area contributed by atoms with E-state index in [2.05, 4.69) is 9.97 Å². The van der Waals surface area contributed by atoms with Crippen LogP contribution in [0, 0.1) is 10.1 Å². The molecule has 7 nitrogen and oxygen atoms in total. The Morgan fingerprint density at radius 2 is 2.36 bits per heavy atom. The molecule has 0 bridgehead atoms. The van der Waals surface area contributed by atoms with E-state index in [4.69, 9.17) is 0 Å². The fourth-order valence-corrected chi connectivity index (χ4v) is 1.30. The van der Waals surface area contributed by atoms with E-state index >= 15 is 0 Å². The van der Waals surface area contributed by atoms with Gasteiger partial charge in [-0.3, -0.25) is 4.98 Å². The van der Waals surface area contributed by atoms with E-state index in [-0.39, 0.29) is 11.5 Å². The Hall–Kier alpha value is -2.18. The summed E-state index contributed by atoms with van der Waals surface area (Å²) in [5, 5.41) is 10.7. The molecular formula is C7H6N4O3. The van der Waals surface area contributed by atoms with Gasteiger partial charge in [0.15, 0.2) is 5.69 Å². The largest absolute Gasteiger partial charge is 0.358 e. The van der Waals surface area contributed by atoms with Crippen molar-refractivity contribution in [1.82, 2.24) is 14.5 Å². The summed E-state index contributed by atoms with van der Waals surface area (Å²) in [4.78, 5) is 26.9. The molecule has 0 aliphatic carbocycles. The van der Waals surface area contributed by atoms with Crippen molar-refractivity contribution in [2.45, 2.75) is 0 Å². The van der Waals surface area contributed by atoms with Crippen molar-refractivity contribution in [2.75, 3.05) is 0 Å². The molecule has 0 aromatic carbocycles. The van der Waals surface area contributed by atoms with Crippen LogP contribution < -0.4 is 5.69 Å². The van der Waals surface area contributed by atoms with Crippen LogP contribution in [-0.4, -0.2) is 19.5 Å². The average Bonchev–Trinajstić information content (AvgIpc) is 2.43. The van der Waals surface area contributed by atoms with Gasteiger partial charge in [0, 0.05) is 6.07 Å². The zero-order chi connectivity index (χ0) is 10.3. The Labute approximate surface area is 77.5 Å². The zero-order valence-electron chi connectivity index (χ0n) is 7.22. The Kier molecular flexibility index (Phi) is 1.60. The number of nitro groups is 1. The van der Waals surface area contributed by atoms with Gasteiger partial charge < -0.3 is 10.1 Å². The van der Waals surface area contributed by atoms with Crippen LogP contribution in [0.4, 0.5) is 5.82 Å². The second-order valence-electron chi connectivity index (χ2n) is 2.81. The molecule has 0 unspecified atom stereocenters. The third-order valence-electron chi connectivity index (χ3n) is 1.90. The van der Waals surface area contributed by atoms with Crippen LogP contribution in [0.2, 0.25) is 0 Å². The fraction of sp³-hybridized carbons (Fsp3) is 0.143. The first-order valence-electron chi connectivity index (χ1n) is 3.79. The lowest BCUT2D eigenvalue weighted by Crippen LogP contribution is -2.04. The first-order chi connectivity index (χ1) is 6.59. The molecule has 14 heavy (non-hydrogen) atoms. The van der Waals surface area contributed by atoms with Gasteiger partial charge in [-0.05, 0) is 4.92 Å². The number of aromatic amines is 1. The van der Waals surface area contributed by atoms with E-state index in [1.807, 2.05) is 0 Å². The second-order valence-corrected chi connectivity index (χ2v) is 2.81. The molecule has 7 heteroatoms. The molecular weight excluding hydrogens is 188 g/mol. The number of rotatable bonds is 1. The van der Waals surface area contributed by atoms with E-state index in [0.717, 1.165) is 0 Å². The summed E-state index contributed by atoms with van der Waals surface area (Å²) in [5.41, 5.74) is -0.112. The van der Waals surface area contributed by atoms with Gasteiger partial charge in [0.05, 0.1) is 13.2 Å².